The van der Waals surface area contributed by atoms with Gasteiger partial charge in [-0.1, -0.05) is 53.9 Å². The molecule has 2 aliphatic heterocycles. The fraction of sp³-hybridized carbons (Fsp3) is 0.351. The molecule has 12 nitrogen and oxygen atoms in total. The van der Waals surface area contributed by atoms with Crippen molar-refractivity contribution in [2.24, 2.45) is 17.4 Å². The lowest BCUT2D eigenvalue weighted by molar-refractivity contribution is -0.144. The summed E-state index contributed by atoms with van der Waals surface area (Å²) in [4.78, 5) is 28.1. The summed E-state index contributed by atoms with van der Waals surface area (Å²) >= 11 is 1.61. The zero-order valence-corrected chi connectivity index (χ0v) is 32.1. The lowest BCUT2D eigenvalue weighted by atomic mass is 9.82. The largest absolute Gasteiger partial charge is 0.434 e. The molecule has 4 aromatic heterocycles. The third-order valence-electron chi connectivity index (χ3n) is 9.50. The summed E-state index contributed by atoms with van der Waals surface area (Å²) < 4.78 is 78.8. The Morgan fingerprint density at radius 3 is 1.67 bits per heavy atom. The summed E-state index contributed by atoms with van der Waals surface area (Å²) in [7, 11) is 0. The zero-order chi connectivity index (χ0) is 40.8. The molecule has 57 heavy (non-hydrogen) atoms. The molecule has 0 amide bonds. The maximum absolute atomic E-state index is 13.2. The van der Waals surface area contributed by atoms with E-state index in [1.807, 2.05) is 35.2 Å². The molecule has 1 atom stereocenters. The Balaban J connectivity index is 0.000000196. The molecule has 5 aromatic rings. The van der Waals surface area contributed by atoms with Crippen molar-refractivity contribution in [1.82, 2.24) is 29.9 Å². The quantitative estimate of drug-likeness (QED) is 0.119. The van der Waals surface area contributed by atoms with Crippen molar-refractivity contribution in [3.05, 3.63) is 96.3 Å². The van der Waals surface area contributed by atoms with Gasteiger partial charge in [-0.15, -0.1) is 0 Å². The van der Waals surface area contributed by atoms with Crippen molar-refractivity contribution in [2.75, 3.05) is 54.0 Å². The molecule has 0 spiro atoms. The SMILES string of the molecule is NCC1CCCN(c2cnc(Sc3cccnc3C(F)(F)F)c(N)n2)C1.Nc1nc(N2CCC(N)(c3ccccc3)CC2)cnc1Sc1cccnc1C(F)(F)F. The number of halogens is 6. The second-order valence-corrected chi connectivity index (χ2v) is 15.5. The molecule has 0 saturated carbocycles. The molecule has 1 aromatic carbocycles. The Kier molecular flexibility index (Phi) is 12.9. The molecule has 20 heteroatoms. The Morgan fingerprint density at radius 2 is 1.19 bits per heavy atom. The monoisotopic (exact) mass is 830 g/mol. The molecule has 2 aliphatic rings. The molecule has 302 valence electrons. The fourth-order valence-corrected chi connectivity index (χ4v) is 8.22. The van der Waals surface area contributed by atoms with Gasteiger partial charge in [0.05, 0.1) is 12.4 Å². The first kappa shape index (κ1) is 41.7. The highest BCUT2D eigenvalue weighted by Gasteiger charge is 2.37. The smallest absolute Gasteiger partial charge is 0.381 e. The number of aromatic nitrogens is 6. The summed E-state index contributed by atoms with van der Waals surface area (Å²) in [5.74, 6) is 1.77. The number of alkyl halides is 6. The number of pyridine rings is 2. The molecule has 0 aliphatic carbocycles. The van der Waals surface area contributed by atoms with Crippen LogP contribution in [0, 0.1) is 5.92 Å². The van der Waals surface area contributed by atoms with Gasteiger partial charge in [0, 0.05) is 53.9 Å². The fourth-order valence-electron chi connectivity index (χ4n) is 6.47. The van der Waals surface area contributed by atoms with Crippen molar-refractivity contribution in [3.63, 3.8) is 0 Å². The van der Waals surface area contributed by atoms with Crippen LogP contribution in [-0.4, -0.2) is 62.6 Å². The van der Waals surface area contributed by atoms with Crippen LogP contribution in [0.3, 0.4) is 0 Å². The third kappa shape index (κ3) is 10.3. The summed E-state index contributed by atoms with van der Waals surface area (Å²) in [5, 5.41) is 0.427. The first-order valence-corrected chi connectivity index (χ1v) is 19.5. The minimum Gasteiger partial charge on any atom is -0.381 e. The number of hydrogen-bond acceptors (Lipinski definition) is 14. The molecule has 2 saturated heterocycles. The number of nitrogens with zero attached hydrogens (tertiary/aromatic N) is 8. The van der Waals surface area contributed by atoms with Gasteiger partial charge in [0.15, 0.2) is 23.0 Å². The number of anilines is 4. The van der Waals surface area contributed by atoms with Crippen molar-refractivity contribution in [1.29, 1.82) is 0 Å². The summed E-state index contributed by atoms with van der Waals surface area (Å²) in [6.07, 6.45) is -0.266. The number of nitrogens with two attached hydrogens (primary N) is 4. The van der Waals surface area contributed by atoms with Crippen LogP contribution in [0.15, 0.2) is 99.2 Å². The molecule has 6 heterocycles. The van der Waals surface area contributed by atoms with E-state index >= 15 is 0 Å². The van der Waals surface area contributed by atoms with Crippen LogP contribution < -0.4 is 32.7 Å². The maximum atomic E-state index is 13.2. The van der Waals surface area contributed by atoms with Gasteiger partial charge >= 0.3 is 12.4 Å². The van der Waals surface area contributed by atoms with Crippen LogP contribution >= 0.6 is 23.5 Å². The highest BCUT2D eigenvalue weighted by molar-refractivity contribution is 7.99. The number of piperidine rings is 2. The first-order chi connectivity index (χ1) is 27.1. The van der Waals surface area contributed by atoms with Gasteiger partial charge in [-0.2, -0.15) is 26.3 Å². The standard InChI is InChI=1S/C21H21F3N6S.C16H19F3N6S/c22-21(23,24)17-15(7-4-10-27-17)31-19-18(25)29-16(13-28-19)30-11-8-20(26,9-12-30)14-5-2-1-3-6-14;17-16(18,19)13-11(4-1-5-22-13)26-15-14(21)24-12(8-23-15)25-6-2-3-10(7-20)9-25/h1-7,10,13H,8-9,11-12,26H2,(H2,25,29);1,4-5,8,10H,2-3,6-7,9,20H2,(H2,21,24). The van der Waals surface area contributed by atoms with Gasteiger partial charge in [0.2, 0.25) is 0 Å². The molecular formula is C37H40F6N12S2. The van der Waals surface area contributed by atoms with E-state index in [0.29, 0.717) is 37.2 Å². The van der Waals surface area contributed by atoms with Gasteiger partial charge < -0.3 is 32.7 Å². The van der Waals surface area contributed by atoms with E-state index in [2.05, 4.69) is 34.8 Å². The highest BCUT2D eigenvalue weighted by Crippen LogP contribution is 2.41. The van der Waals surface area contributed by atoms with Crippen molar-refractivity contribution >= 4 is 46.8 Å². The highest BCUT2D eigenvalue weighted by atomic mass is 32.2. The van der Waals surface area contributed by atoms with Crippen LogP contribution in [0.5, 0.6) is 0 Å². The number of hydrogen-bond donors (Lipinski definition) is 4. The first-order valence-electron chi connectivity index (χ1n) is 17.8. The van der Waals surface area contributed by atoms with E-state index in [-0.39, 0.29) is 31.5 Å². The Labute approximate surface area is 333 Å². The number of benzene rings is 1. The van der Waals surface area contributed by atoms with E-state index in [1.54, 1.807) is 6.20 Å². The second kappa shape index (κ2) is 17.7. The van der Waals surface area contributed by atoms with Crippen molar-refractivity contribution in [3.8, 4) is 0 Å². The van der Waals surface area contributed by atoms with Crippen LogP contribution in [0.4, 0.5) is 49.6 Å². The van der Waals surface area contributed by atoms with Gasteiger partial charge in [0.1, 0.15) is 21.7 Å². The lowest BCUT2D eigenvalue weighted by Gasteiger charge is -2.40. The molecule has 1 unspecified atom stereocenters. The predicted octanol–water partition coefficient (Wildman–Crippen LogP) is 6.88. The van der Waals surface area contributed by atoms with E-state index in [4.69, 9.17) is 22.9 Å². The number of nitrogen functional groups attached to an aromatic ring is 2. The third-order valence-corrected chi connectivity index (χ3v) is 11.6. The van der Waals surface area contributed by atoms with E-state index in [1.165, 1.54) is 30.5 Å². The minimum absolute atomic E-state index is 0.0603. The van der Waals surface area contributed by atoms with E-state index < -0.39 is 29.3 Å². The Bertz CT molecular complexity index is 2120. The normalized spacial score (nSPS) is 17.2. The van der Waals surface area contributed by atoms with Crippen molar-refractivity contribution < 1.29 is 26.3 Å². The summed E-state index contributed by atoms with van der Waals surface area (Å²) in [5.41, 5.74) is 23.1. The minimum atomic E-state index is -4.56. The van der Waals surface area contributed by atoms with Crippen LogP contribution in [0.1, 0.15) is 42.6 Å². The molecule has 7 rings (SSSR count). The average Bonchev–Trinajstić information content (AvgIpc) is 3.20. The zero-order valence-electron chi connectivity index (χ0n) is 30.4. The maximum Gasteiger partial charge on any atom is 0.434 e. The van der Waals surface area contributed by atoms with Gasteiger partial charge in [-0.25, -0.2) is 19.9 Å². The van der Waals surface area contributed by atoms with E-state index in [9.17, 15) is 26.3 Å². The summed E-state index contributed by atoms with van der Waals surface area (Å²) in [6.45, 7) is 3.56. The predicted molar refractivity (Wildman–Crippen MR) is 207 cm³/mol. The Hall–Kier alpha value is -4.92. The Morgan fingerprint density at radius 1 is 0.684 bits per heavy atom. The van der Waals surface area contributed by atoms with Crippen LogP contribution in [0.25, 0.3) is 0 Å². The van der Waals surface area contributed by atoms with Gasteiger partial charge in [-0.05, 0) is 68.0 Å². The topological polar surface area (TPSA) is 188 Å². The molecular weight excluding hydrogens is 791 g/mol. The average molecular weight is 831 g/mol. The van der Waals surface area contributed by atoms with Gasteiger partial charge in [-0.3, -0.25) is 9.97 Å². The van der Waals surface area contributed by atoms with Crippen LogP contribution in [-0.2, 0) is 17.9 Å². The second-order valence-electron chi connectivity index (χ2n) is 13.4. The van der Waals surface area contributed by atoms with Crippen LogP contribution in [0.2, 0.25) is 0 Å². The van der Waals surface area contributed by atoms with E-state index in [0.717, 1.165) is 80.3 Å². The summed E-state index contributed by atoms with van der Waals surface area (Å²) in [6, 6.07) is 15.5. The number of rotatable bonds is 8. The van der Waals surface area contributed by atoms with Gasteiger partial charge in [0.25, 0.3) is 0 Å². The lowest BCUT2D eigenvalue weighted by Crippen LogP contribution is -2.48. The molecule has 8 N–H and O–H groups in total. The van der Waals surface area contributed by atoms with Crippen molar-refractivity contribution in [2.45, 2.75) is 63.4 Å². The molecule has 0 bridgehead atoms. The molecule has 2 fully saturated rings. The molecule has 0 radical (unpaired) electrons.